The Hall–Kier alpha value is -0.870. The molecule has 2 heterocycles. The Kier molecular flexibility index (Phi) is 5.61. The Balaban J connectivity index is 2.28. The van der Waals surface area contributed by atoms with Crippen molar-refractivity contribution in [3.63, 3.8) is 0 Å². The number of hydrogen-bond donors (Lipinski definition) is 1. The smallest absolute Gasteiger partial charge is 0.0538 e. The molecule has 0 saturated carbocycles. The Morgan fingerprint density at radius 3 is 2.75 bits per heavy atom. The topological polar surface area (TPSA) is 47.1 Å². The SMILES string of the molecule is CCC(N)C(c1cnn(C)c1)N1CCCCCC1CC. The zero-order valence-electron chi connectivity index (χ0n) is 13.3. The molecule has 4 heteroatoms. The van der Waals surface area contributed by atoms with E-state index in [9.17, 15) is 0 Å². The first-order chi connectivity index (χ1) is 9.67. The highest BCUT2D eigenvalue weighted by Gasteiger charge is 2.31. The van der Waals surface area contributed by atoms with Crippen LogP contribution in [-0.4, -0.2) is 33.3 Å². The van der Waals surface area contributed by atoms with E-state index in [4.69, 9.17) is 5.73 Å². The molecule has 4 nitrogen and oxygen atoms in total. The van der Waals surface area contributed by atoms with Gasteiger partial charge >= 0.3 is 0 Å². The molecule has 1 fully saturated rings. The normalized spacial score (nSPS) is 24.3. The minimum absolute atomic E-state index is 0.186. The fourth-order valence-corrected chi connectivity index (χ4v) is 3.51. The van der Waals surface area contributed by atoms with Gasteiger partial charge in [-0.25, -0.2) is 0 Å². The van der Waals surface area contributed by atoms with E-state index >= 15 is 0 Å². The highest BCUT2D eigenvalue weighted by atomic mass is 15.3. The molecule has 0 aromatic carbocycles. The molecule has 3 unspecified atom stereocenters. The number of hydrogen-bond acceptors (Lipinski definition) is 3. The van der Waals surface area contributed by atoms with Crippen LogP contribution < -0.4 is 5.73 Å². The standard InChI is InChI=1S/C16H30N4/c1-4-14-9-7-6-8-10-20(14)16(15(17)5-2)13-11-18-19(3)12-13/h11-12,14-16H,4-10,17H2,1-3H3. The average Bonchev–Trinajstić information content (AvgIpc) is 2.74. The molecule has 0 radical (unpaired) electrons. The molecular formula is C16H30N4. The lowest BCUT2D eigenvalue weighted by Gasteiger charge is -2.39. The van der Waals surface area contributed by atoms with Gasteiger partial charge in [-0.15, -0.1) is 0 Å². The Bertz CT molecular complexity index is 401. The first-order valence-electron chi connectivity index (χ1n) is 8.17. The molecule has 0 aliphatic carbocycles. The number of likely N-dealkylation sites (tertiary alicyclic amines) is 1. The van der Waals surface area contributed by atoms with E-state index in [1.165, 1.54) is 44.2 Å². The summed E-state index contributed by atoms with van der Waals surface area (Å²) in [7, 11) is 1.98. The first kappa shape index (κ1) is 15.5. The lowest BCUT2D eigenvalue weighted by atomic mass is 9.96. The summed E-state index contributed by atoms with van der Waals surface area (Å²) in [5.74, 6) is 0. The summed E-state index contributed by atoms with van der Waals surface area (Å²) < 4.78 is 1.89. The van der Waals surface area contributed by atoms with E-state index < -0.39 is 0 Å². The van der Waals surface area contributed by atoms with Crippen LogP contribution in [0.25, 0.3) is 0 Å². The molecular weight excluding hydrogens is 248 g/mol. The van der Waals surface area contributed by atoms with Gasteiger partial charge in [0.2, 0.25) is 0 Å². The number of aromatic nitrogens is 2. The number of rotatable bonds is 5. The fourth-order valence-electron chi connectivity index (χ4n) is 3.51. The third kappa shape index (κ3) is 3.41. The van der Waals surface area contributed by atoms with Gasteiger partial charge in [-0.3, -0.25) is 9.58 Å². The molecule has 0 spiro atoms. The van der Waals surface area contributed by atoms with Crippen molar-refractivity contribution in [3.05, 3.63) is 18.0 Å². The van der Waals surface area contributed by atoms with Crippen LogP contribution in [0.2, 0.25) is 0 Å². The van der Waals surface area contributed by atoms with E-state index in [1.807, 2.05) is 17.9 Å². The van der Waals surface area contributed by atoms with Crippen LogP contribution in [0.1, 0.15) is 64.0 Å². The molecule has 0 bridgehead atoms. The zero-order valence-corrected chi connectivity index (χ0v) is 13.3. The minimum atomic E-state index is 0.186. The van der Waals surface area contributed by atoms with E-state index in [0.717, 1.165) is 6.42 Å². The molecule has 1 aromatic rings. The quantitative estimate of drug-likeness (QED) is 0.901. The van der Waals surface area contributed by atoms with Gasteiger partial charge in [0.15, 0.2) is 0 Å². The van der Waals surface area contributed by atoms with Crippen LogP contribution in [0.3, 0.4) is 0 Å². The van der Waals surface area contributed by atoms with E-state index in [2.05, 4.69) is 30.0 Å². The van der Waals surface area contributed by atoms with Crippen molar-refractivity contribution in [3.8, 4) is 0 Å². The van der Waals surface area contributed by atoms with Gasteiger partial charge in [0.05, 0.1) is 12.2 Å². The molecule has 1 aromatic heterocycles. The molecule has 3 atom stereocenters. The van der Waals surface area contributed by atoms with Crippen LogP contribution in [-0.2, 0) is 7.05 Å². The maximum absolute atomic E-state index is 6.48. The van der Waals surface area contributed by atoms with Crippen molar-refractivity contribution in [2.75, 3.05) is 6.54 Å². The van der Waals surface area contributed by atoms with Gasteiger partial charge in [-0.2, -0.15) is 5.10 Å². The van der Waals surface area contributed by atoms with Crippen LogP contribution >= 0.6 is 0 Å². The molecule has 2 rings (SSSR count). The van der Waals surface area contributed by atoms with Crippen molar-refractivity contribution < 1.29 is 0 Å². The summed E-state index contributed by atoms with van der Waals surface area (Å²) in [6.45, 7) is 5.67. The highest BCUT2D eigenvalue weighted by Crippen LogP contribution is 2.31. The lowest BCUT2D eigenvalue weighted by molar-refractivity contribution is 0.112. The highest BCUT2D eigenvalue weighted by molar-refractivity contribution is 5.14. The third-order valence-electron chi connectivity index (χ3n) is 4.69. The van der Waals surface area contributed by atoms with Gasteiger partial charge in [0.25, 0.3) is 0 Å². The largest absolute Gasteiger partial charge is 0.326 e. The van der Waals surface area contributed by atoms with Crippen LogP contribution in [0.15, 0.2) is 12.4 Å². The predicted octanol–water partition coefficient (Wildman–Crippen LogP) is 2.85. The summed E-state index contributed by atoms with van der Waals surface area (Å²) in [5, 5.41) is 4.36. The molecule has 0 amide bonds. The summed E-state index contributed by atoms with van der Waals surface area (Å²) in [4.78, 5) is 2.66. The monoisotopic (exact) mass is 278 g/mol. The van der Waals surface area contributed by atoms with Crippen molar-refractivity contribution in [2.24, 2.45) is 12.8 Å². The van der Waals surface area contributed by atoms with Gasteiger partial charge in [0.1, 0.15) is 0 Å². The predicted molar refractivity (Wildman–Crippen MR) is 83.5 cm³/mol. The Morgan fingerprint density at radius 1 is 1.35 bits per heavy atom. The van der Waals surface area contributed by atoms with Crippen LogP contribution in [0, 0.1) is 0 Å². The maximum Gasteiger partial charge on any atom is 0.0538 e. The van der Waals surface area contributed by atoms with Crippen LogP contribution in [0.4, 0.5) is 0 Å². The summed E-state index contributed by atoms with van der Waals surface area (Å²) >= 11 is 0. The molecule has 1 aliphatic rings. The summed E-state index contributed by atoms with van der Waals surface area (Å²) in [6.07, 6.45) is 11.7. The van der Waals surface area contributed by atoms with Crippen molar-refractivity contribution >= 4 is 0 Å². The average molecular weight is 278 g/mol. The second-order valence-corrected chi connectivity index (χ2v) is 6.11. The number of nitrogens with zero attached hydrogens (tertiary/aromatic N) is 3. The molecule has 114 valence electrons. The number of nitrogens with two attached hydrogens (primary N) is 1. The van der Waals surface area contributed by atoms with Crippen LogP contribution in [0.5, 0.6) is 0 Å². The van der Waals surface area contributed by atoms with E-state index in [1.54, 1.807) is 0 Å². The van der Waals surface area contributed by atoms with Gasteiger partial charge in [-0.05, 0) is 32.2 Å². The molecule has 2 N–H and O–H groups in total. The van der Waals surface area contributed by atoms with Gasteiger partial charge in [0, 0.05) is 30.9 Å². The Morgan fingerprint density at radius 2 is 2.15 bits per heavy atom. The second kappa shape index (κ2) is 7.23. The molecule has 1 saturated heterocycles. The van der Waals surface area contributed by atoms with Crippen molar-refractivity contribution in [1.82, 2.24) is 14.7 Å². The first-order valence-corrected chi connectivity index (χ1v) is 8.17. The number of aryl methyl sites for hydroxylation is 1. The second-order valence-electron chi connectivity index (χ2n) is 6.11. The maximum atomic E-state index is 6.48. The molecule has 1 aliphatic heterocycles. The summed E-state index contributed by atoms with van der Waals surface area (Å²) in [5.41, 5.74) is 7.76. The minimum Gasteiger partial charge on any atom is -0.326 e. The lowest BCUT2D eigenvalue weighted by Crippen LogP contribution is -2.45. The van der Waals surface area contributed by atoms with Crippen molar-refractivity contribution in [1.29, 1.82) is 0 Å². The Labute approximate surface area is 123 Å². The summed E-state index contributed by atoms with van der Waals surface area (Å²) in [6, 6.07) is 1.17. The molecule has 20 heavy (non-hydrogen) atoms. The van der Waals surface area contributed by atoms with E-state index in [-0.39, 0.29) is 6.04 Å². The van der Waals surface area contributed by atoms with Gasteiger partial charge in [-0.1, -0.05) is 26.7 Å². The fraction of sp³-hybridized carbons (Fsp3) is 0.812. The third-order valence-corrected chi connectivity index (χ3v) is 4.69. The van der Waals surface area contributed by atoms with Gasteiger partial charge < -0.3 is 5.73 Å². The van der Waals surface area contributed by atoms with Crippen molar-refractivity contribution in [2.45, 2.75) is 70.5 Å². The zero-order chi connectivity index (χ0) is 14.5. The van der Waals surface area contributed by atoms with E-state index in [0.29, 0.717) is 12.1 Å².